The van der Waals surface area contributed by atoms with Gasteiger partial charge in [-0.1, -0.05) is 51.8 Å². The van der Waals surface area contributed by atoms with Crippen LogP contribution < -0.4 is 10.5 Å². The third-order valence-corrected chi connectivity index (χ3v) is 4.99. The Hall–Kier alpha value is -1.02. The minimum atomic E-state index is -0.214. The van der Waals surface area contributed by atoms with Crippen LogP contribution in [-0.2, 0) is 5.54 Å². The molecule has 1 aliphatic carbocycles. The summed E-state index contributed by atoms with van der Waals surface area (Å²) in [7, 11) is 0. The van der Waals surface area contributed by atoms with E-state index in [2.05, 4.69) is 39.0 Å². The Bertz CT molecular complexity index is 443. The van der Waals surface area contributed by atoms with E-state index in [1.807, 2.05) is 6.07 Å². The molecule has 1 fully saturated rings. The Morgan fingerprint density at radius 1 is 1.24 bits per heavy atom. The number of ether oxygens (including phenoxy) is 1. The van der Waals surface area contributed by atoms with E-state index in [9.17, 15) is 0 Å². The van der Waals surface area contributed by atoms with Crippen molar-refractivity contribution in [2.45, 2.75) is 64.8 Å². The molecular formula is C19H31NO. The zero-order valence-corrected chi connectivity index (χ0v) is 13.9. The molecule has 2 atom stereocenters. The Morgan fingerprint density at radius 3 is 2.71 bits per heavy atom. The maximum absolute atomic E-state index is 6.84. The zero-order chi connectivity index (χ0) is 15.3. The minimum Gasteiger partial charge on any atom is -0.493 e. The molecule has 0 radical (unpaired) electrons. The Kier molecular flexibility index (Phi) is 5.69. The number of benzene rings is 1. The fourth-order valence-electron chi connectivity index (χ4n) is 3.54. The smallest absolute Gasteiger partial charge is 0.124 e. The van der Waals surface area contributed by atoms with E-state index in [0.29, 0.717) is 0 Å². The topological polar surface area (TPSA) is 35.2 Å². The maximum atomic E-state index is 6.84. The van der Waals surface area contributed by atoms with Crippen LogP contribution >= 0.6 is 0 Å². The van der Waals surface area contributed by atoms with Crippen LogP contribution in [0.2, 0.25) is 0 Å². The van der Waals surface area contributed by atoms with E-state index in [4.69, 9.17) is 10.5 Å². The average molecular weight is 289 g/mol. The van der Waals surface area contributed by atoms with E-state index >= 15 is 0 Å². The number of nitrogens with two attached hydrogens (primary N) is 1. The van der Waals surface area contributed by atoms with Crippen LogP contribution in [0.25, 0.3) is 0 Å². The molecule has 1 saturated carbocycles. The summed E-state index contributed by atoms with van der Waals surface area (Å²) in [6.07, 6.45) is 6.94. The molecule has 1 aromatic rings. The summed E-state index contributed by atoms with van der Waals surface area (Å²) in [5, 5.41) is 0. The molecular weight excluding hydrogens is 258 g/mol. The highest BCUT2D eigenvalue weighted by Crippen LogP contribution is 2.41. The van der Waals surface area contributed by atoms with Gasteiger partial charge in [-0.05, 0) is 43.6 Å². The summed E-state index contributed by atoms with van der Waals surface area (Å²) in [5.74, 6) is 2.57. The van der Waals surface area contributed by atoms with Gasteiger partial charge in [0, 0.05) is 11.1 Å². The van der Waals surface area contributed by atoms with Gasteiger partial charge >= 0.3 is 0 Å². The molecule has 2 N–H and O–H groups in total. The van der Waals surface area contributed by atoms with Crippen molar-refractivity contribution in [2.75, 3.05) is 6.61 Å². The lowest BCUT2D eigenvalue weighted by molar-refractivity contribution is 0.290. The van der Waals surface area contributed by atoms with E-state index in [0.717, 1.165) is 43.5 Å². The van der Waals surface area contributed by atoms with Gasteiger partial charge < -0.3 is 10.5 Å². The van der Waals surface area contributed by atoms with E-state index in [1.54, 1.807) is 0 Å². The van der Waals surface area contributed by atoms with E-state index in [-0.39, 0.29) is 5.54 Å². The van der Waals surface area contributed by atoms with Gasteiger partial charge in [0.2, 0.25) is 0 Å². The highest BCUT2D eigenvalue weighted by atomic mass is 16.5. The van der Waals surface area contributed by atoms with Crippen molar-refractivity contribution in [3.8, 4) is 5.75 Å². The molecule has 0 aliphatic heterocycles. The van der Waals surface area contributed by atoms with Crippen molar-refractivity contribution < 1.29 is 4.74 Å². The van der Waals surface area contributed by atoms with Gasteiger partial charge in [-0.15, -0.1) is 0 Å². The summed E-state index contributed by atoms with van der Waals surface area (Å²) >= 11 is 0. The molecule has 2 unspecified atom stereocenters. The Balaban J connectivity index is 2.19. The lowest BCUT2D eigenvalue weighted by Gasteiger charge is -2.31. The first-order valence-corrected chi connectivity index (χ1v) is 8.58. The molecule has 2 nitrogen and oxygen atoms in total. The third-order valence-electron chi connectivity index (χ3n) is 4.99. The van der Waals surface area contributed by atoms with Crippen molar-refractivity contribution in [3.63, 3.8) is 0 Å². The summed E-state index contributed by atoms with van der Waals surface area (Å²) < 4.78 is 5.94. The van der Waals surface area contributed by atoms with Gasteiger partial charge in [-0.3, -0.25) is 0 Å². The largest absolute Gasteiger partial charge is 0.493 e. The van der Waals surface area contributed by atoms with Crippen molar-refractivity contribution in [3.05, 3.63) is 29.8 Å². The van der Waals surface area contributed by atoms with Crippen LogP contribution in [-0.4, -0.2) is 6.61 Å². The molecule has 118 valence electrons. The lowest BCUT2D eigenvalue weighted by atomic mass is 9.82. The molecule has 0 spiro atoms. The quantitative estimate of drug-likeness (QED) is 0.785. The third kappa shape index (κ3) is 4.00. The summed E-state index contributed by atoms with van der Waals surface area (Å²) in [4.78, 5) is 0. The second-order valence-electron chi connectivity index (χ2n) is 6.94. The zero-order valence-electron chi connectivity index (χ0n) is 13.9. The molecule has 2 rings (SSSR count). The maximum Gasteiger partial charge on any atom is 0.124 e. The molecule has 0 heterocycles. The van der Waals surface area contributed by atoms with Gasteiger partial charge in [0.25, 0.3) is 0 Å². The van der Waals surface area contributed by atoms with Crippen LogP contribution in [0.15, 0.2) is 24.3 Å². The van der Waals surface area contributed by atoms with E-state index < -0.39 is 0 Å². The van der Waals surface area contributed by atoms with Crippen molar-refractivity contribution >= 4 is 0 Å². The highest BCUT2D eigenvalue weighted by molar-refractivity contribution is 5.39. The predicted octanol–water partition coefficient (Wildman–Crippen LogP) is 4.87. The van der Waals surface area contributed by atoms with Crippen LogP contribution in [0.1, 0.15) is 64.9 Å². The Labute approximate surface area is 130 Å². The predicted molar refractivity (Wildman–Crippen MR) is 89.5 cm³/mol. The molecule has 0 amide bonds. The second kappa shape index (κ2) is 7.31. The van der Waals surface area contributed by atoms with Crippen molar-refractivity contribution in [1.29, 1.82) is 0 Å². The standard InChI is InChI=1S/C19H31NO/c1-4-14-21-18-10-6-5-9-17(18)19(20)12-7-8-16(11-13-19)15(2)3/h5-6,9-10,15-16H,4,7-8,11-14,20H2,1-3H3. The molecule has 2 heteroatoms. The summed E-state index contributed by atoms with van der Waals surface area (Å²) in [5.41, 5.74) is 7.83. The van der Waals surface area contributed by atoms with E-state index in [1.165, 1.54) is 24.8 Å². The molecule has 0 saturated heterocycles. The first-order chi connectivity index (χ1) is 10.1. The summed E-state index contributed by atoms with van der Waals surface area (Å²) in [6.45, 7) is 7.58. The second-order valence-corrected chi connectivity index (χ2v) is 6.94. The molecule has 0 bridgehead atoms. The van der Waals surface area contributed by atoms with Gasteiger partial charge in [0.15, 0.2) is 0 Å². The van der Waals surface area contributed by atoms with Crippen molar-refractivity contribution in [2.24, 2.45) is 17.6 Å². The number of para-hydroxylation sites is 1. The van der Waals surface area contributed by atoms with Gasteiger partial charge in [-0.25, -0.2) is 0 Å². The summed E-state index contributed by atoms with van der Waals surface area (Å²) in [6, 6.07) is 8.38. The average Bonchev–Trinajstić information content (AvgIpc) is 2.68. The van der Waals surface area contributed by atoms with Gasteiger partial charge in [0.1, 0.15) is 5.75 Å². The molecule has 0 aromatic heterocycles. The normalized spacial score (nSPS) is 26.6. The fourth-order valence-corrected chi connectivity index (χ4v) is 3.54. The van der Waals surface area contributed by atoms with Crippen LogP contribution in [0, 0.1) is 11.8 Å². The fraction of sp³-hybridized carbons (Fsp3) is 0.684. The Morgan fingerprint density at radius 2 is 2.00 bits per heavy atom. The first-order valence-electron chi connectivity index (χ1n) is 8.58. The molecule has 21 heavy (non-hydrogen) atoms. The van der Waals surface area contributed by atoms with Crippen LogP contribution in [0.3, 0.4) is 0 Å². The van der Waals surface area contributed by atoms with Crippen LogP contribution in [0.5, 0.6) is 5.75 Å². The number of rotatable bonds is 5. The minimum absolute atomic E-state index is 0.214. The first kappa shape index (κ1) is 16.4. The molecule has 1 aromatic carbocycles. The van der Waals surface area contributed by atoms with Gasteiger partial charge in [0.05, 0.1) is 6.61 Å². The number of hydrogen-bond donors (Lipinski definition) is 1. The SMILES string of the molecule is CCCOc1ccccc1C1(N)CCCC(C(C)C)CC1. The number of hydrogen-bond acceptors (Lipinski definition) is 2. The molecule has 1 aliphatic rings. The van der Waals surface area contributed by atoms with Gasteiger partial charge in [-0.2, -0.15) is 0 Å². The highest BCUT2D eigenvalue weighted by Gasteiger charge is 2.33. The lowest BCUT2D eigenvalue weighted by Crippen LogP contribution is -2.36. The van der Waals surface area contributed by atoms with Crippen LogP contribution in [0.4, 0.5) is 0 Å². The van der Waals surface area contributed by atoms with Crippen molar-refractivity contribution in [1.82, 2.24) is 0 Å². The monoisotopic (exact) mass is 289 g/mol.